The van der Waals surface area contributed by atoms with Crippen LogP contribution in [0, 0.1) is 0 Å². The minimum atomic E-state index is -4.66. The van der Waals surface area contributed by atoms with Crippen LogP contribution in [0.3, 0.4) is 0 Å². The van der Waals surface area contributed by atoms with Crippen molar-refractivity contribution >= 4 is 19.8 Å². The van der Waals surface area contributed by atoms with Gasteiger partial charge >= 0.3 is 11.9 Å². The van der Waals surface area contributed by atoms with Crippen molar-refractivity contribution in [3.63, 3.8) is 0 Å². The van der Waals surface area contributed by atoms with Gasteiger partial charge in [-0.25, -0.2) is 0 Å². The quantitative estimate of drug-likeness (QED) is 0.0161. The lowest BCUT2D eigenvalue weighted by Gasteiger charge is -2.28. The minimum absolute atomic E-state index is 0.0580. The third-order valence-electron chi connectivity index (χ3n) is 8.78. The first-order chi connectivity index (χ1) is 27.4. The number of ether oxygens (including phenoxy) is 2. The highest BCUT2D eigenvalue weighted by molar-refractivity contribution is 7.45. The van der Waals surface area contributed by atoms with E-state index in [1.165, 1.54) is 44.9 Å². The van der Waals surface area contributed by atoms with E-state index in [0.29, 0.717) is 43.1 Å². The van der Waals surface area contributed by atoms with Crippen molar-refractivity contribution in [1.82, 2.24) is 0 Å². The Labute approximate surface area is 347 Å². The molecule has 0 aliphatic carbocycles. The lowest BCUT2D eigenvalue weighted by molar-refractivity contribution is -0.870. The number of carbonyl (C=O) groups is 2. The highest BCUT2D eigenvalue weighted by Crippen LogP contribution is 2.38. The van der Waals surface area contributed by atoms with Gasteiger partial charge in [0.25, 0.3) is 7.82 Å². The van der Waals surface area contributed by atoms with Crippen molar-refractivity contribution in [1.29, 1.82) is 0 Å². The van der Waals surface area contributed by atoms with Gasteiger partial charge in [-0.1, -0.05) is 132 Å². The first-order valence-electron chi connectivity index (χ1n) is 21.8. The lowest BCUT2D eigenvalue weighted by Crippen LogP contribution is -2.37. The molecule has 328 valence electrons. The largest absolute Gasteiger partial charge is 0.756 e. The number of phosphoric ester groups is 1. The Morgan fingerprint density at radius 3 is 1.82 bits per heavy atom. The normalized spacial score (nSPS) is 14.9. The van der Waals surface area contributed by atoms with Gasteiger partial charge in [-0.3, -0.25) is 14.2 Å². The maximum atomic E-state index is 12.6. The summed E-state index contributed by atoms with van der Waals surface area (Å²) in [5.41, 5.74) is 0. The summed E-state index contributed by atoms with van der Waals surface area (Å²) in [5.74, 6) is -0.963. The zero-order valence-corrected chi connectivity index (χ0v) is 37.3. The predicted octanol–water partition coefficient (Wildman–Crippen LogP) is 10.6. The van der Waals surface area contributed by atoms with Crippen LogP contribution in [0.1, 0.15) is 149 Å². The van der Waals surface area contributed by atoms with Crippen LogP contribution in [0.5, 0.6) is 0 Å². The Hall–Kier alpha value is -2.59. The second-order valence-corrected chi connectivity index (χ2v) is 17.0. The second-order valence-electron chi connectivity index (χ2n) is 15.5. The maximum Gasteiger partial charge on any atom is 0.306 e. The standard InChI is InChI=1S/C46H80NO9P/c1-6-8-10-12-14-15-16-17-18-19-20-21-25-29-33-37-45(49)53-41-44(42-55-57(51,52)54-40-39-47(3,4)5)56-46(50)38-34-30-26-23-22-24-28-32-36-43(48)35-31-27-13-11-9-7-2/h14-15,17-18,23-24,26-28,31-32,36,43-44,48H,6-13,16,19-22,25,29-30,33-35,37-42H2,1-5H3/b15-14-,18-17-,26-23-,28-24-,31-27-,36-32+/t43-,44+/m0/s1. The van der Waals surface area contributed by atoms with E-state index in [0.717, 1.165) is 44.9 Å². The summed E-state index contributed by atoms with van der Waals surface area (Å²) in [4.78, 5) is 37.5. The number of aliphatic hydroxyl groups is 1. The van der Waals surface area contributed by atoms with Gasteiger partial charge < -0.3 is 33.0 Å². The van der Waals surface area contributed by atoms with E-state index >= 15 is 0 Å². The van der Waals surface area contributed by atoms with E-state index in [9.17, 15) is 24.2 Å². The summed E-state index contributed by atoms with van der Waals surface area (Å²) < 4.78 is 33.7. The summed E-state index contributed by atoms with van der Waals surface area (Å²) in [6.07, 6.45) is 42.5. The van der Waals surface area contributed by atoms with Gasteiger partial charge in [0.15, 0.2) is 6.10 Å². The molecule has 1 N–H and O–H groups in total. The Kier molecular flexibility index (Phi) is 36.0. The van der Waals surface area contributed by atoms with Crippen molar-refractivity contribution in [3.8, 4) is 0 Å². The van der Waals surface area contributed by atoms with Gasteiger partial charge in [0.05, 0.1) is 33.9 Å². The molecule has 0 aromatic carbocycles. The number of rotatable bonds is 38. The molecule has 0 aromatic heterocycles. The van der Waals surface area contributed by atoms with Crippen molar-refractivity contribution in [3.05, 3.63) is 72.9 Å². The van der Waals surface area contributed by atoms with E-state index in [1.54, 1.807) is 6.08 Å². The van der Waals surface area contributed by atoms with Crippen LogP contribution in [0.25, 0.3) is 0 Å². The van der Waals surface area contributed by atoms with Crippen LogP contribution in [-0.2, 0) is 32.7 Å². The summed E-state index contributed by atoms with van der Waals surface area (Å²) in [6, 6.07) is 0. The van der Waals surface area contributed by atoms with E-state index in [-0.39, 0.29) is 26.1 Å². The summed E-state index contributed by atoms with van der Waals surface area (Å²) in [6.45, 7) is 3.97. The Morgan fingerprint density at radius 2 is 1.19 bits per heavy atom. The fourth-order valence-corrected chi connectivity index (χ4v) is 6.02. The Balaban J connectivity index is 4.58. The number of likely N-dealkylation sites (N-methyl/N-ethyl adjacent to an activating group) is 1. The van der Waals surface area contributed by atoms with E-state index in [4.69, 9.17) is 18.5 Å². The minimum Gasteiger partial charge on any atom is -0.756 e. The molecule has 0 aliphatic rings. The van der Waals surface area contributed by atoms with E-state index in [2.05, 4.69) is 44.2 Å². The van der Waals surface area contributed by atoms with Crippen molar-refractivity contribution < 1.29 is 47.2 Å². The Bertz CT molecular complexity index is 1220. The highest BCUT2D eigenvalue weighted by atomic mass is 31.2. The number of phosphoric acid groups is 1. The summed E-state index contributed by atoms with van der Waals surface area (Å²) in [7, 11) is 1.07. The van der Waals surface area contributed by atoms with Crippen LogP contribution in [0.2, 0.25) is 0 Å². The molecule has 0 bridgehead atoms. The van der Waals surface area contributed by atoms with Crippen molar-refractivity contribution in [2.75, 3.05) is 47.5 Å². The first-order valence-corrected chi connectivity index (χ1v) is 23.2. The van der Waals surface area contributed by atoms with Crippen LogP contribution in [-0.4, -0.2) is 81.2 Å². The summed E-state index contributed by atoms with van der Waals surface area (Å²) in [5, 5.41) is 10.0. The fourth-order valence-electron chi connectivity index (χ4n) is 5.29. The lowest BCUT2D eigenvalue weighted by atomic mass is 10.1. The average Bonchev–Trinajstić information content (AvgIpc) is 3.15. The molecule has 0 saturated heterocycles. The van der Waals surface area contributed by atoms with Crippen molar-refractivity contribution in [2.45, 2.75) is 161 Å². The Morgan fingerprint density at radius 1 is 0.649 bits per heavy atom. The number of hydrogen-bond acceptors (Lipinski definition) is 9. The van der Waals surface area contributed by atoms with Gasteiger partial charge in [0.1, 0.15) is 19.8 Å². The molecule has 0 aliphatic heterocycles. The summed E-state index contributed by atoms with van der Waals surface area (Å²) >= 11 is 0. The number of hydrogen-bond donors (Lipinski definition) is 1. The molecule has 0 fully saturated rings. The zero-order valence-electron chi connectivity index (χ0n) is 36.4. The molecule has 57 heavy (non-hydrogen) atoms. The van der Waals surface area contributed by atoms with Gasteiger partial charge in [0, 0.05) is 12.8 Å². The monoisotopic (exact) mass is 822 g/mol. The van der Waals surface area contributed by atoms with Gasteiger partial charge in [-0.05, 0) is 77.0 Å². The number of unbranched alkanes of at least 4 members (excludes halogenated alkanes) is 12. The molecule has 0 radical (unpaired) electrons. The molecular formula is C46H80NO9P. The molecule has 11 heteroatoms. The molecule has 1 unspecified atom stereocenters. The van der Waals surface area contributed by atoms with Crippen LogP contribution < -0.4 is 4.89 Å². The first kappa shape index (κ1) is 54.4. The second kappa shape index (κ2) is 37.7. The molecule has 0 rings (SSSR count). The number of nitrogens with zero attached hydrogens (tertiary/aromatic N) is 1. The van der Waals surface area contributed by atoms with Crippen LogP contribution in [0.4, 0.5) is 0 Å². The molecule has 10 nitrogen and oxygen atoms in total. The molecule has 3 atom stereocenters. The van der Waals surface area contributed by atoms with Gasteiger partial charge in [-0.15, -0.1) is 0 Å². The molecular weight excluding hydrogens is 741 g/mol. The number of aliphatic hydroxyl groups excluding tert-OH is 1. The topological polar surface area (TPSA) is 131 Å². The van der Waals surface area contributed by atoms with Crippen molar-refractivity contribution in [2.24, 2.45) is 0 Å². The third-order valence-corrected chi connectivity index (χ3v) is 9.74. The average molecular weight is 822 g/mol. The third kappa shape index (κ3) is 41.4. The number of carbonyl (C=O) groups excluding carboxylic acids is 2. The van der Waals surface area contributed by atoms with Crippen LogP contribution in [0.15, 0.2) is 72.9 Å². The maximum absolute atomic E-state index is 12.6. The van der Waals surface area contributed by atoms with E-state index < -0.39 is 38.6 Å². The van der Waals surface area contributed by atoms with Gasteiger partial charge in [-0.2, -0.15) is 0 Å². The molecule has 0 saturated carbocycles. The predicted molar refractivity (Wildman–Crippen MR) is 232 cm³/mol. The number of quaternary nitrogens is 1. The SMILES string of the molecule is CCCCC/C=C\C/C=C\CCCCCCCC(=O)OC[C@H](COP(=O)([O-])OCC[N+](C)(C)C)OC(=O)CCC/C=C\C/C=C\C=C\[C@@H](O)C/C=C\CCCCC. The smallest absolute Gasteiger partial charge is 0.306 e. The molecule has 0 heterocycles. The highest BCUT2D eigenvalue weighted by Gasteiger charge is 2.21. The van der Waals surface area contributed by atoms with Crippen LogP contribution >= 0.6 is 7.82 Å². The molecule has 0 aromatic rings. The molecule has 0 spiro atoms. The zero-order chi connectivity index (χ0) is 42.3. The van der Waals surface area contributed by atoms with Gasteiger partial charge in [0.2, 0.25) is 0 Å². The fraction of sp³-hybridized carbons (Fsp3) is 0.696. The number of allylic oxidation sites excluding steroid dienone is 10. The van der Waals surface area contributed by atoms with E-state index in [1.807, 2.05) is 57.6 Å². The molecule has 0 amide bonds. The number of esters is 2.